The zero-order chi connectivity index (χ0) is 14.8. The first-order chi connectivity index (χ1) is 10.2. The van der Waals surface area contributed by atoms with Crippen LogP contribution in [0.5, 0.6) is 0 Å². The van der Waals surface area contributed by atoms with E-state index < -0.39 is 0 Å². The Bertz CT molecular complexity index is 835. The number of aromatic nitrogens is 2. The summed E-state index contributed by atoms with van der Waals surface area (Å²) in [6, 6.07) is 9.18. The first kappa shape index (κ1) is 14.1. The maximum atomic E-state index is 9.01. The highest BCUT2D eigenvalue weighted by Crippen LogP contribution is 2.28. The van der Waals surface area contributed by atoms with Gasteiger partial charge in [-0.15, -0.1) is 11.3 Å². The number of halogens is 2. The van der Waals surface area contributed by atoms with E-state index in [1.807, 2.05) is 11.4 Å². The van der Waals surface area contributed by atoms with Crippen LogP contribution in [-0.2, 0) is 6.42 Å². The second-order valence-corrected chi connectivity index (χ2v) is 5.95. The second kappa shape index (κ2) is 5.86. The molecule has 0 aliphatic carbocycles. The Hall–Kier alpha value is -1.87. The molecule has 21 heavy (non-hydrogen) atoms. The summed E-state index contributed by atoms with van der Waals surface area (Å²) in [4.78, 5) is 5.00. The normalized spacial score (nSPS) is 10.5. The molecule has 0 atom stereocenters. The van der Waals surface area contributed by atoms with Gasteiger partial charge in [0.1, 0.15) is 10.9 Å². The average Bonchev–Trinajstić information content (AvgIpc) is 3.11. The van der Waals surface area contributed by atoms with Gasteiger partial charge in [-0.05, 0) is 29.1 Å². The Morgan fingerprint density at radius 3 is 2.86 bits per heavy atom. The summed E-state index contributed by atoms with van der Waals surface area (Å²) < 4.78 is 5.22. The van der Waals surface area contributed by atoms with Crippen LogP contribution >= 0.6 is 34.5 Å². The summed E-state index contributed by atoms with van der Waals surface area (Å²) in [6.45, 7) is 0. The summed E-state index contributed by atoms with van der Waals surface area (Å²) in [5.74, 6) is 0.886. The molecule has 0 saturated carbocycles. The summed E-state index contributed by atoms with van der Waals surface area (Å²) in [5.41, 5.74) is 1.47. The summed E-state index contributed by atoms with van der Waals surface area (Å²) in [7, 11) is 0. The highest BCUT2D eigenvalue weighted by molar-refractivity contribution is 7.13. The van der Waals surface area contributed by atoms with Gasteiger partial charge in [0.25, 0.3) is 5.89 Å². The summed E-state index contributed by atoms with van der Waals surface area (Å²) >= 11 is 13.2. The number of hydrogen-bond acceptors (Lipinski definition) is 5. The quantitative estimate of drug-likeness (QED) is 0.703. The number of thiophene rings is 1. The van der Waals surface area contributed by atoms with Crippen LogP contribution in [0, 0.1) is 11.3 Å². The molecule has 0 unspecified atom stereocenters. The van der Waals surface area contributed by atoms with E-state index in [1.165, 1.54) is 11.3 Å². The van der Waals surface area contributed by atoms with E-state index in [0.717, 1.165) is 5.56 Å². The molecule has 3 aromatic rings. The fraction of sp³-hybridized carbons (Fsp3) is 0.0714. The monoisotopic (exact) mass is 335 g/mol. The molecule has 0 saturated heterocycles. The van der Waals surface area contributed by atoms with Gasteiger partial charge < -0.3 is 4.52 Å². The standard InChI is InChI=1S/C14H7Cl2N3OS/c15-10-2-1-8(5-11(10)16)6-12-18-14(20-19-12)13-9(7-17)3-4-21-13/h1-5H,6H2. The first-order valence-electron chi connectivity index (χ1n) is 5.92. The molecule has 2 aromatic heterocycles. The Morgan fingerprint density at radius 1 is 1.24 bits per heavy atom. The molecule has 0 fully saturated rings. The first-order valence-corrected chi connectivity index (χ1v) is 7.55. The molecule has 0 bridgehead atoms. The van der Waals surface area contributed by atoms with E-state index in [1.54, 1.807) is 18.2 Å². The smallest absolute Gasteiger partial charge is 0.269 e. The second-order valence-electron chi connectivity index (χ2n) is 4.22. The van der Waals surface area contributed by atoms with E-state index in [-0.39, 0.29) is 0 Å². The molecule has 7 heteroatoms. The van der Waals surface area contributed by atoms with E-state index in [2.05, 4.69) is 16.2 Å². The molecule has 0 N–H and O–H groups in total. The third-order valence-electron chi connectivity index (χ3n) is 2.79. The Morgan fingerprint density at radius 2 is 2.10 bits per heavy atom. The Kier molecular flexibility index (Phi) is 3.93. The van der Waals surface area contributed by atoms with Crippen LogP contribution in [0.25, 0.3) is 10.8 Å². The third kappa shape index (κ3) is 2.93. The van der Waals surface area contributed by atoms with Crippen molar-refractivity contribution in [2.24, 2.45) is 0 Å². The van der Waals surface area contributed by atoms with E-state index in [0.29, 0.717) is 38.6 Å². The van der Waals surface area contributed by atoms with Crippen LogP contribution in [-0.4, -0.2) is 10.1 Å². The predicted molar refractivity (Wildman–Crippen MR) is 81.6 cm³/mol. The average molecular weight is 336 g/mol. The van der Waals surface area contributed by atoms with Crippen LogP contribution in [0.2, 0.25) is 10.0 Å². The molecule has 0 aliphatic rings. The molecule has 4 nitrogen and oxygen atoms in total. The predicted octanol–water partition coefficient (Wildman–Crippen LogP) is 4.57. The van der Waals surface area contributed by atoms with Gasteiger partial charge in [0.2, 0.25) is 0 Å². The lowest BCUT2D eigenvalue weighted by atomic mass is 10.1. The SMILES string of the molecule is N#Cc1ccsc1-c1nc(Cc2ccc(Cl)c(Cl)c2)no1. The van der Waals surface area contributed by atoms with Gasteiger partial charge >= 0.3 is 0 Å². The van der Waals surface area contributed by atoms with Gasteiger partial charge in [-0.25, -0.2) is 0 Å². The molecule has 2 heterocycles. The topological polar surface area (TPSA) is 62.7 Å². The zero-order valence-corrected chi connectivity index (χ0v) is 12.8. The number of rotatable bonds is 3. The third-order valence-corrected chi connectivity index (χ3v) is 4.44. The van der Waals surface area contributed by atoms with Crippen molar-refractivity contribution >= 4 is 34.5 Å². The molecule has 0 spiro atoms. The lowest BCUT2D eigenvalue weighted by molar-refractivity contribution is 0.424. The number of benzene rings is 1. The maximum absolute atomic E-state index is 9.01. The lowest BCUT2D eigenvalue weighted by Gasteiger charge is -1.99. The molecule has 1 aromatic carbocycles. The lowest BCUT2D eigenvalue weighted by Crippen LogP contribution is -1.91. The largest absolute Gasteiger partial charge is 0.333 e. The highest BCUT2D eigenvalue weighted by atomic mass is 35.5. The van der Waals surface area contributed by atoms with E-state index in [4.69, 9.17) is 33.0 Å². The van der Waals surface area contributed by atoms with Gasteiger partial charge in [0.15, 0.2) is 5.82 Å². The highest BCUT2D eigenvalue weighted by Gasteiger charge is 2.15. The minimum atomic E-state index is 0.358. The van der Waals surface area contributed by atoms with Crippen LogP contribution in [0.4, 0.5) is 0 Å². The van der Waals surface area contributed by atoms with Crippen LogP contribution in [0.15, 0.2) is 34.2 Å². The molecule has 0 amide bonds. The van der Waals surface area contributed by atoms with E-state index >= 15 is 0 Å². The van der Waals surface area contributed by atoms with E-state index in [9.17, 15) is 0 Å². The molecule has 0 radical (unpaired) electrons. The van der Waals surface area contributed by atoms with Gasteiger partial charge in [0, 0.05) is 6.42 Å². The van der Waals surface area contributed by atoms with Crippen molar-refractivity contribution in [3.05, 3.63) is 56.6 Å². The van der Waals surface area contributed by atoms with Crippen LogP contribution in [0.1, 0.15) is 17.0 Å². The molecular formula is C14H7Cl2N3OS. The van der Waals surface area contributed by atoms with Gasteiger partial charge in [-0.3, -0.25) is 0 Å². The van der Waals surface area contributed by atoms with Gasteiger partial charge in [-0.2, -0.15) is 10.2 Å². The Balaban J connectivity index is 1.85. The number of nitrogens with zero attached hydrogens (tertiary/aromatic N) is 3. The minimum Gasteiger partial charge on any atom is -0.333 e. The minimum absolute atomic E-state index is 0.358. The van der Waals surface area contributed by atoms with Crippen LogP contribution < -0.4 is 0 Å². The number of nitriles is 1. The van der Waals surface area contributed by atoms with Gasteiger partial charge in [0.05, 0.1) is 15.6 Å². The molecule has 104 valence electrons. The van der Waals surface area contributed by atoms with Crippen molar-refractivity contribution in [2.45, 2.75) is 6.42 Å². The van der Waals surface area contributed by atoms with Gasteiger partial charge in [-0.1, -0.05) is 34.4 Å². The molecular weight excluding hydrogens is 329 g/mol. The molecule has 3 rings (SSSR count). The summed E-state index contributed by atoms with van der Waals surface area (Å²) in [6.07, 6.45) is 0.480. The van der Waals surface area contributed by atoms with Crippen molar-refractivity contribution in [3.8, 4) is 16.8 Å². The zero-order valence-electron chi connectivity index (χ0n) is 10.5. The van der Waals surface area contributed by atoms with Crippen molar-refractivity contribution in [1.82, 2.24) is 10.1 Å². The fourth-order valence-electron chi connectivity index (χ4n) is 1.81. The molecule has 0 aliphatic heterocycles. The van der Waals surface area contributed by atoms with Crippen LogP contribution in [0.3, 0.4) is 0 Å². The Labute approximate surface area is 134 Å². The summed E-state index contributed by atoms with van der Waals surface area (Å²) in [5, 5.41) is 15.7. The van der Waals surface area contributed by atoms with Crippen molar-refractivity contribution in [1.29, 1.82) is 5.26 Å². The number of hydrogen-bond donors (Lipinski definition) is 0. The van der Waals surface area contributed by atoms with Crippen molar-refractivity contribution in [2.75, 3.05) is 0 Å². The van der Waals surface area contributed by atoms with Crippen molar-refractivity contribution < 1.29 is 4.52 Å². The fourth-order valence-corrected chi connectivity index (χ4v) is 2.90. The maximum Gasteiger partial charge on any atom is 0.269 e. The van der Waals surface area contributed by atoms with Crippen molar-refractivity contribution in [3.63, 3.8) is 0 Å².